The van der Waals surface area contributed by atoms with Crippen molar-refractivity contribution in [1.29, 1.82) is 0 Å². The van der Waals surface area contributed by atoms with Gasteiger partial charge in [0.05, 0.1) is 18.6 Å². The van der Waals surface area contributed by atoms with Crippen LogP contribution in [0.25, 0.3) is 0 Å². The molecule has 0 aromatic heterocycles. The zero-order valence-electron chi connectivity index (χ0n) is 27.9. The van der Waals surface area contributed by atoms with E-state index in [1.54, 1.807) is 7.11 Å². The number of methoxy groups -OCH3 is 1. The van der Waals surface area contributed by atoms with Gasteiger partial charge in [-0.05, 0) is 53.9 Å². The summed E-state index contributed by atoms with van der Waals surface area (Å²) in [5.41, 5.74) is 0.442. The lowest BCUT2D eigenvalue weighted by Crippen LogP contribution is -2.65. The number of ketones is 1. The van der Waals surface area contributed by atoms with Gasteiger partial charge in [-0.25, -0.2) is 0 Å². The van der Waals surface area contributed by atoms with Gasteiger partial charge in [-0.3, -0.25) is 14.4 Å². The Kier molecular flexibility index (Phi) is 10.4. The summed E-state index contributed by atoms with van der Waals surface area (Å²) < 4.78 is 29.8. The van der Waals surface area contributed by atoms with Crippen molar-refractivity contribution in [2.45, 2.75) is 90.8 Å². The van der Waals surface area contributed by atoms with E-state index in [0.29, 0.717) is 13.0 Å². The zero-order chi connectivity index (χ0) is 33.1. The highest BCUT2D eigenvalue weighted by Crippen LogP contribution is 2.54. The van der Waals surface area contributed by atoms with E-state index in [2.05, 4.69) is 39.8 Å². The molecule has 0 amide bonds. The lowest BCUT2D eigenvalue weighted by molar-refractivity contribution is -0.217. The molecule has 0 radical (unpaired) electrons. The van der Waals surface area contributed by atoms with Crippen LogP contribution in [0.1, 0.15) is 77.5 Å². The number of Topliss-reactive ketones (excluding diaryl/α,β-unsaturated/α-hetero) is 1. The third kappa shape index (κ3) is 7.08. The second-order valence-electron chi connectivity index (χ2n) is 14.0. The van der Waals surface area contributed by atoms with E-state index in [-0.39, 0.29) is 48.8 Å². The number of carbonyl (C=O) groups excluding carboxylic acids is 3. The smallest absolute Gasteiger partial charge is 0.320 e. The molecule has 2 aliphatic heterocycles. The third-order valence-electron chi connectivity index (χ3n) is 10.1. The van der Waals surface area contributed by atoms with Gasteiger partial charge in [-0.2, -0.15) is 0 Å². The molecule has 1 aliphatic carbocycles. The highest BCUT2D eigenvalue weighted by molar-refractivity contribution is 6.03. The predicted molar refractivity (Wildman–Crippen MR) is 173 cm³/mol. The average molecular weight is 633 g/mol. The van der Waals surface area contributed by atoms with Crippen molar-refractivity contribution in [2.75, 3.05) is 13.7 Å². The quantitative estimate of drug-likeness (QED) is 0.151. The summed E-state index contributed by atoms with van der Waals surface area (Å²) in [4.78, 5) is 39.2. The Morgan fingerprint density at radius 3 is 2.50 bits per heavy atom. The van der Waals surface area contributed by atoms with Crippen molar-refractivity contribution in [3.8, 4) is 5.75 Å². The van der Waals surface area contributed by atoms with Crippen LogP contribution in [0, 0.1) is 29.1 Å². The van der Waals surface area contributed by atoms with Crippen molar-refractivity contribution in [3.05, 3.63) is 77.9 Å². The van der Waals surface area contributed by atoms with Gasteiger partial charge in [0.2, 0.25) is 0 Å². The molecule has 5 rings (SSSR count). The standard InChI is InChI=1S/C38H48O8/c1-24(15-16-31(42-6)28-13-10-14-29(19-28)43-22-27-11-8-7-9-12-27)35-25(2)17-18-38(46-35)33(34(40)26(3)21-37(38,4)5)36(41)45-30-20-32(39)44-23-30/h7-14,17-19,24-26,30-31,33,35H,15-16,20-23H2,1-6H3/t24-,25-,26-,30+,31-,33+,35+,38-/m0/s1. The van der Waals surface area contributed by atoms with Crippen LogP contribution in [0.3, 0.4) is 0 Å². The second-order valence-corrected chi connectivity index (χ2v) is 14.0. The van der Waals surface area contributed by atoms with E-state index in [1.165, 1.54) is 0 Å². The minimum absolute atomic E-state index is 0.00525. The van der Waals surface area contributed by atoms with Crippen LogP contribution in [0.5, 0.6) is 5.75 Å². The number of ether oxygens (including phenoxy) is 5. The van der Waals surface area contributed by atoms with Gasteiger partial charge >= 0.3 is 11.9 Å². The van der Waals surface area contributed by atoms with Crippen LogP contribution in [0.4, 0.5) is 0 Å². The topological polar surface area (TPSA) is 97.4 Å². The molecule has 0 unspecified atom stereocenters. The normalized spacial score (nSPS) is 30.1. The van der Waals surface area contributed by atoms with Crippen molar-refractivity contribution >= 4 is 17.7 Å². The summed E-state index contributed by atoms with van der Waals surface area (Å²) in [7, 11) is 1.72. The molecule has 248 valence electrons. The van der Waals surface area contributed by atoms with Gasteiger partial charge in [-0.1, -0.05) is 89.2 Å². The Labute approximate surface area is 272 Å². The molecule has 8 atom stereocenters. The maximum absolute atomic E-state index is 13.8. The lowest BCUT2D eigenvalue weighted by Gasteiger charge is -2.56. The van der Waals surface area contributed by atoms with Gasteiger partial charge in [0, 0.05) is 18.9 Å². The fourth-order valence-electron chi connectivity index (χ4n) is 7.51. The molecule has 1 spiro atoms. The number of hydrogen-bond donors (Lipinski definition) is 0. The molecule has 1 saturated carbocycles. The van der Waals surface area contributed by atoms with E-state index in [0.717, 1.165) is 29.7 Å². The van der Waals surface area contributed by atoms with E-state index in [9.17, 15) is 14.4 Å². The van der Waals surface area contributed by atoms with Gasteiger partial charge in [0.1, 0.15) is 36.6 Å². The fourth-order valence-corrected chi connectivity index (χ4v) is 7.51. The summed E-state index contributed by atoms with van der Waals surface area (Å²) in [5.74, 6) is -1.76. The second kappa shape index (κ2) is 14.1. The minimum atomic E-state index is -1.17. The number of carbonyl (C=O) groups is 3. The largest absolute Gasteiger partial charge is 0.489 e. The summed E-state index contributed by atoms with van der Waals surface area (Å²) in [6.45, 7) is 10.8. The first-order valence-electron chi connectivity index (χ1n) is 16.5. The fraction of sp³-hybridized carbons (Fsp3) is 0.553. The molecule has 46 heavy (non-hydrogen) atoms. The summed E-state index contributed by atoms with van der Waals surface area (Å²) >= 11 is 0. The lowest BCUT2D eigenvalue weighted by atomic mass is 9.55. The van der Waals surface area contributed by atoms with Gasteiger partial charge < -0.3 is 23.7 Å². The van der Waals surface area contributed by atoms with Gasteiger partial charge in [0.15, 0.2) is 5.78 Å². The Hall–Kier alpha value is -3.49. The maximum Gasteiger partial charge on any atom is 0.320 e. The van der Waals surface area contributed by atoms with Crippen molar-refractivity contribution in [3.63, 3.8) is 0 Å². The molecule has 8 nitrogen and oxygen atoms in total. The van der Waals surface area contributed by atoms with Crippen LogP contribution in [0.2, 0.25) is 0 Å². The number of cyclic esters (lactones) is 1. The summed E-state index contributed by atoms with van der Waals surface area (Å²) in [5, 5.41) is 0. The molecule has 8 heteroatoms. The van der Waals surface area contributed by atoms with Crippen LogP contribution in [-0.2, 0) is 39.9 Å². The molecule has 0 bridgehead atoms. The Morgan fingerprint density at radius 2 is 1.80 bits per heavy atom. The molecular weight excluding hydrogens is 584 g/mol. The molecular formula is C38H48O8. The first-order valence-corrected chi connectivity index (χ1v) is 16.5. The number of esters is 2. The molecule has 2 aromatic carbocycles. The van der Waals surface area contributed by atoms with E-state index in [4.69, 9.17) is 23.7 Å². The zero-order valence-corrected chi connectivity index (χ0v) is 27.9. The predicted octanol–water partition coefficient (Wildman–Crippen LogP) is 6.81. The maximum atomic E-state index is 13.8. The highest BCUT2D eigenvalue weighted by atomic mass is 16.6. The number of benzene rings is 2. The first-order chi connectivity index (χ1) is 21.9. The Bertz CT molecular complexity index is 1420. The molecule has 2 fully saturated rings. The minimum Gasteiger partial charge on any atom is -0.489 e. The van der Waals surface area contributed by atoms with Crippen molar-refractivity contribution in [2.24, 2.45) is 29.1 Å². The van der Waals surface area contributed by atoms with Crippen LogP contribution < -0.4 is 4.74 Å². The molecule has 2 heterocycles. The van der Waals surface area contributed by atoms with Crippen LogP contribution >= 0.6 is 0 Å². The monoisotopic (exact) mass is 632 g/mol. The molecule has 1 saturated heterocycles. The molecule has 0 N–H and O–H groups in total. The first kappa shape index (κ1) is 33.9. The van der Waals surface area contributed by atoms with Gasteiger partial charge in [0.25, 0.3) is 0 Å². The van der Waals surface area contributed by atoms with E-state index in [1.807, 2.05) is 61.5 Å². The van der Waals surface area contributed by atoms with Crippen molar-refractivity contribution in [1.82, 2.24) is 0 Å². The van der Waals surface area contributed by atoms with Gasteiger partial charge in [-0.15, -0.1) is 0 Å². The van der Waals surface area contributed by atoms with E-state index < -0.39 is 35.0 Å². The highest BCUT2D eigenvalue weighted by Gasteiger charge is 2.63. The number of rotatable bonds is 11. The van der Waals surface area contributed by atoms with Crippen LogP contribution in [0.15, 0.2) is 66.7 Å². The van der Waals surface area contributed by atoms with E-state index >= 15 is 0 Å². The number of hydrogen-bond acceptors (Lipinski definition) is 8. The van der Waals surface area contributed by atoms with Crippen molar-refractivity contribution < 1.29 is 38.1 Å². The molecule has 3 aliphatic rings. The SMILES string of the molecule is CO[C@@H](CC[C@H](C)[C@H]1O[C@@]2(C=C[C@@H]1C)[C@@H](C(=O)O[C@H]1COC(=O)C1)C(=O)[C@@H](C)CC2(C)C)c1cccc(OCc2ccccc2)c1. The Morgan fingerprint density at radius 1 is 1.04 bits per heavy atom. The summed E-state index contributed by atoms with van der Waals surface area (Å²) in [6.07, 6.45) is 5.08. The summed E-state index contributed by atoms with van der Waals surface area (Å²) in [6, 6.07) is 18.1. The molecule has 2 aromatic rings. The average Bonchev–Trinajstić information content (AvgIpc) is 3.44. The van der Waals surface area contributed by atoms with Crippen LogP contribution in [-0.4, -0.2) is 49.2 Å². The Balaban J connectivity index is 1.30. The third-order valence-corrected chi connectivity index (χ3v) is 10.1.